The first-order chi connectivity index (χ1) is 16.8. The molecule has 2 fully saturated rings. The van der Waals surface area contributed by atoms with Crippen molar-refractivity contribution in [3.8, 4) is 0 Å². The summed E-state index contributed by atoms with van der Waals surface area (Å²) in [6, 6.07) is 3.61. The van der Waals surface area contributed by atoms with Gasteiger partial charge in [-0.1, -0.05) is 6.07 Å². The van der Waals surface area contributed by atoms with Crippen LogP contribution in [0.5, 0.6) is 0 Å². The third-order valence-electron chi connectivity index (χ3n) is 6.69. The molecule has 35 heavy (non-hydrogen) atoms. The minimum Gasteiger partial charge on any atom is -0.375 e. The summed E-state index contributed by atoms with van der Waals surface area (Å²) in [5.41, 5.74) is 0.539. The molecule has 2 N–H and O–H groups in total. The van der Waals surface area contributed by atoms with E-state index in [9.17, 15) is 28.8 Å². The number of imide groups is 2. The molecule has 0 radical (unpaired) electrons. The van der Waals surface area contributed by atoms with Crippen molar-refractivity contribution in [3.63, 3.8) is 0 Å². The van der Waals surface area contributed by atoms with Crippen molar-refractivity contribution < 1.29 is 28.8 Å². The second-order valence-electron chi connectivity index (χ2n) is 9.04. The minimum absolute atomic E-state index is 0.0377. The van der Waals surface area contributed by atoms with E-state index in [4.69, 9.17) is 0 Å². The van der Waals surface area contributed by atoms with Crippen LogP contribution in [0.25, 0.3) is 0 Å². The standard InChI is InChI=1S/C24H29N5O6/c1-27(13-10-19(31)28-11-3-2-4-12-28)20(32)14-25-16-7-5-6-15-21(16)24(35)29(23(15)34)17-8-9-18(30)26-22(17)33/h5-7,17,25H,2-4,8-14H2,1H3,(H,26,30,33). The fourth-order valence-corrected chi connectivity index (χ4v) is 4.66. The summed E-state index contributed by atoms with van der Waals surface area (Å²) in [4.78, 5) is 78.9. The van der Waals surface area contributed by atoms with E-state index < -0.39 is 29.7 Å². The smallest absolute Gasteiger partial charge is 0.264 e. The third kappa shape index (κ3) is 5.03. The summed E-state index contributed by atoms with van der Waals surface area (Å²) in [5, 5.41) is 5.09. The van der Waals surface area contributed by atoms with Crippen LogP contribution in [0.1, 0.15) is 59.2 Å². The van der Waals surface area contributed by atoms with Crippen LogP contribution in [0.15, 0.2) is 18.2 Å². The van der Waals surface area contributed by atoms with Gasteiger partial charge in [0.1, 0.15) is 6.04 Å². The Kier molecular flexibility index (Phi) is 7.13. The summed E-state index contributed by atoms with van der Waals surface area (Å²) in [7, 11) is 1.61. The highest BCUT2D eigenvalue weighted by Crippen LogP contribution is 2.32. The highest BCUT2D eigenvalue weighted by atomic mass is 16.2. The van der Waals surface area contributed by atoms with Gasteiger partial charge >= 0.3 is 0 Å². The fraction of sp³-hybridized carbons (Fsp3) is 0.500. The number of piperidine rings is 2. The second-order valence-corrected chi connectivity index (χ2v) is 9.04. The molecule has 3 aliphatic heterocycles. The Morgan fingerprint density at radius 2 is 1.83 bits per heavy atom. The van der Waals surface area contributed by atoms with Gasteiger partial charge in [0.25, 0.3) is 11.8 Å². The Bertz CT molecular complexity index is 1080. The Labute approximate surface area is 202 Å². The normalized spacial score (nSPS) is 20.0. The number of nitrogens with zero attached hydrogens (tertiary/aromatic N) is 3. The van der Waals surface area contributed by atoms with Crippen LogP contribution in [0.4, 0.5) is 5.69 Å². The lowest BCUT2D eigenvalue weighted by atomic mass is 10.0. The number of carbonyl (C=O) groups is 6. The van der Waals surface area contributed by atoms with Crippen LogP contribution >= 0.6 is 0 Å². The van der Waals surface area contributed by atoms with Crippen LogP contribution in [0.3, 0.4) is 0 Å². The maximum absolute atomic E-state index is 13.1. The van der Waals surface area contributed by atoms with Gasteiger partial charge in [-0.3, -0.25) is 39.0 Å². The van der Waals surface area contributed by atoms with E-state index in [-0.39, 0.29) is 55.3 Å². The van der Waals surface area contributed by atoms with Gasteiger partial charge in [0, 0.05) is 45.2 Å². The van der Waals surface area contributed by atoms with E-state index in [0.717, 1.165) is 37.3 Å². The zero-order valence-corrected chi connectivity index (χ0v) is 19.7. The lowest BCUT2D eigenvalue weighted by Crippen LogP contribution is -2.54. The molecule has 0 aromatic heterocycles. The molecule has 3 heterocycles. The maximum atomic E-state index is 13.1. The van der Waals surface area contributed by atoms with Crippen molar-refractivity contribution in [3.05, 3.63) is 29.3 Å². The molecule has 4 rings (SSSR count). The number of rotatable bonds is 7. The summed E-state index contributed by atoms with van der Waals surface area (Å²) in [6.07, 6.45) is 3.50. The Balaban J connectivity index is 1.37. The molecule has 0 spiro atoms. The van der Waals surface area contributed by atoms with E-state index >= 15 is 0 Å². The van der Waals surface area contributed by atoms with Crippen molar-refractivity contribution in [1.29, 1.82) is 0 Å². The van der Waals surface area contributed by atoms with E-state index in [1.807, 2.05) is 4.90 Å². The Morgan fingerprint density at radius 1 is 1.09 bits per heavy atom. The van der Waals surface area contributed by atoms with E-state index in [2.05, 4.69) is 10.6 Å². The molecular formula is C24H29N5O6. The number of fused-ring (bicyclic) bond motifs is 1. The van der Waals surface area contributed by atoms with Gasteiger partial charge in [0.15, 0.2) is 0 Å². The number of anilines is 1. The molecule has 0 aliphatic carbocycles. The van der Waals surface area contributed by atoms with Gasteiger partial charge in [-0.2, -0.15) is 0 Å². The van der Waals surface area contributed by atoms with Crippen LogP contribution in [0.2, 0.25) is 0 Å². The first-order valence-electron chi connectivity index (χ1n) is 11.9. The van der Waals surface area contributed by atoms with Crippen molar-refractivity contribution in [1.82, 2.24) is 20.0 Å². The zero-order valence-electron chi connectivity index (χ0n) is 19.7. The Morgan fingerprint density at radius 3 is 2.54 bits per heavy atom. The average Bonchev–Trinajstić information content (AvgIpc) is 3.11. The van der Waals surface area contributed by atoms with Gasteiger partial charge in [0.05, 0.1) is 17.7 Å². The minimum atomic E-state index is -1.06. The number of carbonyl (C=O) groups excluding carboxylic acids is 6. The van der Waals surface area contributed by atoms with Crippen LogP contribution < -0.4 is 10.6 Å². The lowest BCUT2D eigenvalue weighted by molar-refractivity contribution is -0.137. The number of hydrogen-bond donors (Lipinski definition) is 2. The first kappa shape index (κ1) is 24.4. The molecule has 2 saturated heterocycles. The van der Waals surface area contributed by atoms with Gasteiger partial charge in [0.2, 0.25) is 23.6 Å². The van der Waals surface area contributed by atoms with Crippen molar-refractivity contribution >= 4 is 41.1 Å². The predicted molar refractivity (Wildman–Crippen MR) is 124 cm³/mol. The molecule has 11 nitrogen and oxygen atoms in total. The number of benzene rings is 1. The van der Waals surface area contributed by atoms with Gasteiger partial charge in [-0.05, 0) is 37.8 Å². The highest BCUT2D eigenvalue weighted by molar-refractivity contribution is 6.25. The number of likely N-dealkylation sites (tertiary alicyclic amines) is 1. The Hall–Kier alpha value is -3.76. The summed E-state index contributed by atoms with van der Waals surface area (Å²) in [6.45, 7) is 1.67. The van der Waals surface area contributed by atoms with Crippen molar-refractivity contribution in [2.75, 3.05) is 38.5 Å². The van der Waals surface area contributed by atoms with E-state index in [0.29, 0.717) is 5.69 Å². The number of amides is 6. The molecule has 1 unspecified atom stereocenters. The molecule has 1 aromatic carbocycles. The quantitative estimate of drug-likeness (QED) is 0.535. The number of nitrogens with one attached hydrogen (secondary N) is 2. The van der Waals surface area contributed by atoms with Crippen LogP contribution in [-0.2, 0) is 19.2 Å². The molecule has 0 saturated carbocycles. The summed E-state index contributed by atoms with van der Waals surface area (Å²) in [5.74, 6) is -2.60. The maximum Gasteiger partial charge on any atom is 0.264 e. The molecule has 1 atom stereocenters. The molecule has 1 aromatic rings. The molecule has 11 heteroatoms. The third-order valence-corrected chi connectivity index (χ3v) is 6.69. The first-order valence-corrected chi connectivity index (χ1v) is 11.9. The highest BCUT2D eigenvalue weighted by Gasteiger charge is 2.45. The largest absolute Gasteiger partial charge is 0.375 e. The molecule has 0 bridgehead atoms. The molecule has 6 amide bonds. The molecule has 3 aliphatic rings. The van der Waals surface area contributed by atoms with Gasteiger partial charge in [-0.15, -0.1) is 0 Å². The summed E-state index contributed by atoms with van der Waals surface area (Å²) >= 11 is 0. The van der Waals surface area contributed by atoms with Crippen molar-refractivity contribution in [2.24, 2.45) is 0 Å². The van der Waals surface area contributed by atoms with Crippen LogP contribution in [-0.4, -0.2) is 89.4 Å². The lowest BCUT2D eigenvalue weighted by Gasteiger charge is -2.28. The van der Waals surface area contributed by atoms with E-state index in [1.165, 1.54) is 11.0 Å². The van der Waals surface area contributed by atoms with Crippen molar-refractivity contribution in [2.45, 2.75) is 44.6 Å². The second kappa shape index (κ2) is 10.2. The van der Waals surface area contributed by atoms with Gasteiger partial charge in [-0.25, -0.2) is 0 Å². The fourth-order valence-electron chi connectivity index (χ4n) is 4.66. The topological polar surface area (TPSA) is 136 Å². The van der Waals surface area contributed by atoms with Gasteiger partial charge < -0.3 is 15.1 Å². The molecular weight excluding hydrogens is 454 g/mol. The number of hydrogen-bond acceptors (Lipinski definition) is 7. The molecule has 186 valence electrons. The number of likely N-dealkylation sites (N-methyl/N-ethyl adjacent to an activating group) is 1. The predicted octanol–water partition coefficient (Wildman–Crippen LogP) is 0.361. The van der Waals surface area contributed by atoms with E-state index in [1.54, 1.807) is 19.2 Å². The van der Waals surface area contributed by atoms with Crippen LogP contribution in [0, 0.1) is 0 Å². The SMILES string of the molecule is CN(CCC(=O)N1CCCCC1)C(=O)CNc1cccc2c1C(=O)N(C1CCC(=O)NC1=O)C2=O. The average molecular weight is 484 g/mol. The monoisotopic (exact) mass is 483 g/mol. The summed E-state index contributed by atoms with van der Waals surface area (Å²) < 4.78 is 0. The zero-order chi connectivity index (χ0) is 25.1.